The van der Waals surface area contributed by atoms with Crippen molar-refractivity contribution in [1.29, 1.82) is 0 Å². The predicted octanol–water partition coefficient (Wildman–Crippen LogP) is 2.31. The van der Waals surface area contributed by atoms with Crippen molar-refractivity contribution in [2.24, 2.45) is 5.92 Å². The molecule has 11 heteroatoms. The maximum absolute atomic E-state index is 13.8. The highest BCUT2D eigenvalue weighted by Crippen LogP contribution is 2.47. The lowest BCUT2D eigenvalue weighted by Crippen LogP contribution is -2.53. The van der Waals surface area contributed by atoms with Crippen LogP contribution in [0.15, 0.2) is 54.6 Å². The van der Waals surface area contributed by atoms with E-state index in [1.807, 2.05) is 6.07 Å². The number of hydroxylamine groups is 1. The first-order chi connectivity index (χ1) is 17.6. The van der Waals surface area contributed by atoms with Crippen LogP contribution in [0.25, 0.3) is 0 Å². The highest BCUT2D eigenvalue weighted by Gasteiger charge is 2.67. The van der Waals surface area contributed by atoms with Gasteiger partial charge in [0.15, 0.2) is 30.4 Å². The van der Waals surface area contributed by atoms with Gasteiger partial charge in [0, 0.05) is 6.92 Å². The number of ether oxygens (including phenoxy) is 4. The Morgan fingerprint density at radius 2 is 1.65 bits per heavy atom. The molecule has 4 aliphatic heterocycles. The Morgan fingerprint density at radius 3 is 2.32 bits per heavy atom. The van der Waals surface area contributed by atoms with Crippen LogP contribution in [0.3, 0.4) is 0 Å². The van der Waals surface area contributed by atoms with Crippen LogP contribution in [-0.4, -0.2) is 60.3 Å². The van der Waals surface area contributed by atoms with E-state index in [0.717, 1.165) is 4.90 Å². The lowest BCUT2D eigenvalue weighted by Gasteiger charge is -2.35. The molecule has 2 amide bonds. The minimum absolute atomic E-state index is 0.230. The largest absolute Gasteiger partial charge is 0.457 e. The Kier molecular flexibility index (Phi) is 5.57. The maximum atomic E-state index is 13.8. The molecule has 0 bridgehead atoms. The van der Waals surface area contributed by atoms with E-state index in [9.17, 15) is 18.8 Å². The average Bonchev–Trinajstić information content (AvgIpc) is 3.54. The number of imide groups is 1. The molecular weight excluding hydrogens is 487 g/mol. The molecule has 2 aromatic carbocycles. The number of fused-ring (bicyclic) bond motifs is 2. The summed E-state index contributed by atoms with van der Waals surface area (Å²) in [5.74, 6) is -4.14. The Morgan fingerprint density at radius 1 is 0.946 bits per heavy atom. The third kappa shape index (κ3) is 3.89. The molecule has 0 saturated carbocycles. The van der Waals surface area contributed by atoms with Gasteiger partial charge in [0.05, 0.1) is 11.4 Å². The van der Waals surface area contributed by atoms with E-state index in [4.69, 9.17) is 23.8 Å². The lowest BCUT2D eigenvalue weighted by molar-refractivity contribution is -0.221. The molecule has 4 heterocycles. The third-order valence-electron chi connectivity index (χ3n) is 6.92. The van der Waals surface area contributed by atoms with Gasteiger partial charge in [-0.25, -0.2) is 14.4 Å². The van der Waals surface area contributed by atoms with E-state index in [2.05, 4.69) is 0 Å². The highest BCUT2D eigenvalue weighted by atomic mass is 19.1. The van der Waals surface area contributed by atoms with E-state index >= 15 is 0 Å². The zero-order chi connectivity index (χ0) is 26.1. The van der Waals surface area contributed by atoms with Gasteiger partial charge in [-0.3, -0.25) is 19.2 Å². The number of hydrogen-bond acceptors (Lipinski definition) is 9. The molecule has 0 unspecified atom stereocenters. The Labute approximate surface area is 211 Å². The second-order valence-corrected chi connectivity index (χ2v) is 9.84. The first-order valence-corrected chi connectivity index (χ1v) is 12.0. The van der Waals surface area contributed by atoms with Crippen molar-refractivity contribution in [3.05, 3.63) is 60.4 Å². The van der Waals surface area contributed by atoms with E-state index in [1.165, 1.54) is 36.3 Å². The van der Waals surface area contributed by atoms with Crippen molar-refractivity contribution in [1.82, 2.24) is 0 Å². The topological polar surface area (TPSA) is 104 Å². The van der Waals surface area contributed by atoms with Crippen LogP contribution in [0.4, 0.5) is 15.8 Å². The standard InChI is InChI=1S/C26H25FN2O8/c1-13(30)33-21-20(34-25-22(21)35-26(2,3)36-25)18-17-19(37-29(18)16-7-5-4-6-8-16)24(32)28(23(17)31)15-11-9-14(27)10-12-15/h4-12,17-22,25H,1-3H3/t17-,18+,19+,20-,21+,22-,25-/m1/s1. The molecule has 2 aromatic rings. The number of benzene rings is 2. The van der Waals surface area contributed by atoms with Crippen LogP contribution in [0.1, 0.15) is 20.8 Å². The number of anilines is 2. The van der Waals surface area contributed by atoms with Crippen LogP contribution in [0.2, 0.25) is 0 Å². The van der Waals surface area contributed by atoms with Crippen molar-refractivity contribution < 1.29 is 42.6 Å². The first-order valence-electron chi connectivity index (χ1n) is 12.0. The van der Waals surface area contributed by atoms with Gasteiger partial charge in [-0.2, -0.15) is 0 Å². The van der Waals surface area contributed by atoms with Crippen LogP contribution in [-0.2, 0) is 38.2 Å². The minimum atomic E-state index is -1.16. The van der Waals surface area contributed by atoms with Gasteiger partial charge in [-0.15, -0.1) is 0 Å². The smallest absolute Gasteiger partial charge is 0.303 e. The summed E-state index contributed by atoms with van der Waals surface area (Å²) in [6.45, 7) is 4.72. The number of carbonyl (C=O) groups is 3. The van der Waals surface area contributed by atoms with Crippen molar-refractivity contribution in [2.45, 2.75) is 63.3 Å². The quantitative estimate of drug-likeness (QED) is 0.451. The van der Waals surface area contributed by atoms with Crippen LogP contribution < -0.4 is 9.96 Å². The average molecular weight is 512 g/mol. The van der Waals surface area contributed by atoms with Gasteiger partial charge in [0.2, 0.25) is 5.91 Å². The predicted molar refractivity (Wildman–Crippen MR) is 124 cm³/mol. The van der Waals surface area contributed by atoms with Gasteiger partial charge in [-0.1, -0.05) is 18.2 Å². The van der Waals surface area contributed by atoms with E-state index < -0.39 is 72.1 Å². The van der Waals surface area contributed by atoms with E-state index in [0.29, 0.717) is 5.69 Å². The Bertz CT molecular complexity index is 1240. The van der Waals surface area contributed by atoms with Gasteiger partial charge >= 0.3 is 5.97 Å². The number of amides is 2. The monoisotopic (exact) mass is 512 g/mol. The summed E-state index contributed by atoms with van der Waals surface area (Å²) in [6.07, 6.45) is -4.65. The highest BCUT2D eigenvalue weighted by molar-refractivity contribution is 6.23. The minimum Gasteiger partial charge on any atom is -0.457 e. The van der Waals surface area contributed by atoms with Crippen LogP contribution in [0.5, 0.6) is 0 Å². The number of halogens is 1. The van der Waals surface area contributed by atoms with Crippen LogP contribution >= 0.6 is 0 Å². The normalized spacial score (nSPS) is 34.1. The van der Waals surface area contributed by atoms with Crippen molar-refractivity contribution in [3.63, 3.8) is 0 Å². The molecule has 4 fully saturated rings. The van der Waals surface area contributed by atoms with Gasteiger partial charge in [-0.05, 0) is 50.2 Å². The molecule has 4 saturated heterocycles. The summed E-state index contributed by atoms with van der Waals surface area (Å²) in [6, 6.07) is 13.1. The number of para-hydroxylation sites is 1. The van der Waals surface area contributed by atoms with Gasteiger partial charge < -0.3 is 18.9 Å². The molecule has 0 radical (unpaired) electrons. The number of nitrogens with zero attached hydrogens (tertiary/aromatic N) is 2. The molecule has 0 aromatic heterocycles. The molecule has 194 valence electrons. The third-order valence-corrected chi connectivity index (χ3v) is 6.92. The second kappa shape index (κ2) is 8.59. The molecule has 0 spiro atoms. The fourth-order valence-electron chi connectivity index (χ4n) is 5.54. The van der Waals surface area contributed by atoms with E-state index in [1.54, 1.807) is 38.1 Å². The number of carbonyl (C=O) groups excluding carboxylic acids is 3. The van der Waals surface area contributed by atoms with Crippen molar-refractivity contribution >= 4 is 29.2 Å². The molecule has 10 nitrogen and oxygen atoms in total. The summed E-state index contributed by atoms with van der Waals surface area (Å²) >= 11 is 0. The molecule has 37 heavy (non-hydrogen) atoms. The summed E-state index contributed by atoms with van der Waals surface area (Å²) in [4.78, 5) is 46.4. The summed E-state index contributed by atoms with van der Waals surface area (Å²) in [5, 5.41) is 1.47. The SMILES string of the molecule is CC(=O)O[C@@H]1[C@H]2OC(C)(C)O[C@H]2O[C@@H]1[C@@H]1[C@H]2C(=O)N(c3ccc(F)cc3)C(=O)[C@H]2ON1c1ccccc1. The van der Waals surface area contributed by atoms with Crippen LogP contribution in [0, 0.1) is 11.7 Å². The summed E-state index contributed by atoms with van der Waals surface area (Å²) in [5.41, 5.74) is 0.814. The molecular formula is C26H25FN2O8. The Hall–Kier alpha value is -3.38. The van der Waals surface area contributed by atoms with Gasteiger partial charge in [0.1, 0.15) is 23.9 Å². The zero-order valence-corrected chi connectivity index (χ0v) is 20.3. The molecule has 0 N–H and O–H groups in total. The lowest BCUT2D eigenvalue weighted by atomic mass is 9.89. The van der Waals surface area contributed by atoms with Crippen molar-refractivity contribution in [3.8, 4) is 0 Å². The number of rotatable bonds is 4. The van der Waals surface area contributed by atoms with Gasteiger partial charge in [0.25, 0.3) is 5.91 Å². The zero-order valence-electron chi connectivity index (χ0n) is 20.3. The molecule has 6 rings (SSSR count). The maximum Gasteiger partial charge on any atom is 0.303 e. The fraction of sp³-hybridized carbons (Fsp3) is 0.423. The molecule has 7 atom stereocenters. The summed E-state index contributed by atoms with van der Waals surface area (Å²) < 4.78 is 37.3. The van der Waals surface area contributed by atoms with E-state index in [-0.39, 0.29) is 5.69 Å². The number of esters is 1. The molecule has 4 aliphatic rings. The molecule has 0 aliphatic carbocycles. The second-order valence-electron chi connectivity index (χ2n) is 9.84. The summed E-state index contributed by atoms with van der Waals surface area (Å²) in [7, 11) is 0. The fourth-order valence-corrected chi connectivity index (χ4v) is 5.54. The Balaban J connectivity index is 1.40. The van der Waals surface area contributed by atoms with Crippen molar-refractivity contribution in [2.75, 3.05) is 9.96 Å². The first kappa shape index (κ1) is 24.0. The number of hydrogen-bond donors (Lipinski definition) is 0.